The molecule has 1 nitrogen and oxygen atoms in total. The first kappa shape index (κ1) is 13.3. The monoisotopic (exact) mass is 269 g/mol. The summed E-state index contributed by atoms with van der Waals surface area (Å²) in [6.07, 6.45) is 2.06. The van der Waals surface area contributed by atoms with Crippen molar-refractivity contribution in [1.29, 1.82) is 0 Å². The Morgan fingerprint density at radius 3 is 2.70 bits per heavy atom. The van der Waals surface area contributed by atoms with Crippen LogP contribution in [0.2, 0.25) is 0 Å². The second-order valence-electron chi connectivity index (χ2n) is 5.61. The van der Waals surface area contributed by atoms with Crippen molar-refractivity contribution in [2.24, 2.45) is 0 Å². The van der Waals surface area contributed by atoms with Crippen LogP contribution in [0.4, 0.5) is 4.39 Å². The third-order valence-electron chi connectivity index (χ3n) is 4.28. The van der Waals surface area contributed by atoms with Crippen molar-refractivity contribution in [3.63, 3.8) is 0 Å². The summed E-state index contributed by atoms with van der Waals surface area (Å²) in [5.41, 5.74) is 4.85. The summed E-state index contributed by atoms with van der Waals surface area (Å²) in [4.78, 5) is 0. The van der Waals surface area contributed by atoms with Gasteiger partial charge in [0.1, 0.15) is 5.82 Å². The van der Waals surface area contributed by atoms with Gasteiger partial charge >= 0.3 is 0 Å². The molecule has 1 heterocycles. The molecule has 2 aromatic rings. The first-order valence-electron chi connectivity index (χ1n) is 7.29. The Labute approximate surface area is 119 Å². The topological polar surface area (TPSA) is 12.0 Å². The van der Waals surface area contributed by atoms with E-state index in [0.29, 0.717) is 6.04 Å². The van der Waals surface area contributed by atoms with Crippen molar-refractivity contribution in [3.05, 3.63) is 70.5 Å². The van der Waals surface area contributed by atoms with Crippen LogP contribution in [-0.4, -0.2) is 6.04 Å². The predicted molar refractivity (Wildman–Crippen MR) is 80.3 cm³/mol. The lowest BCUT2D eigenvalue weighted by Crippen LogP contribution is -2.39. The highest BCUT2D eigenvalue weighted by Gasteiger charge is 2.27. The number of fused-ring (bicyclic) bond motifs is 1. The molecule has 2 atom stereocenters. The Hall–Kier alpha value is -1.67. The Morgan fingerprint density at radius 1 is 1.15 bits per heavy atom. The van der Waals surface area contributed by atoms with Crippen LogP contribution < -0.4 is 5.32 Å². The second kappa shape index (κ2) is 5.37. The fourth-order valence-corrected chi connectivity index (χ4v) is 3.10. The Bertz CT molecular complexity index is 621. The van der Waals surface area contributed by atoms with E-state index in [1.54, 1.807) is 12.1 Å². The van der Waals surface area contributed by atoms with E-state index in [-0.39, 0.29) is 11.9 Å². The van der Waals surface area contributed by atoms with Crippen molar-refractivity contribution in [2.45, 2.75) is 38.8 Å². The van der Waals surface area contributed by atoms with Gasteiger partial charge in [0.15, 0.2) is 0 Å². The Morgan fingerprint density at radius 2 is 1.95 bits per heavy atom. The van der Waals surface area contributed by atoms with Crippen LogP contribution in [0.25, 0.3) is 0 Å². The molecule has 2 unspecified atom stereocenters. The molecule has 0 saturated heterocycles. The number of rotatable bonds is 2. The molecule has 1 aliphatic rings. The largest absolute Gasteiger partial charge is 0.303 e. The van der Waals surface area contributed by atoms with E-state index in [0.717, 1.165) is 18.4 Å². The zero-order chi connectivity index (χ0) is 14.1. The molecule has 104 valence electrons. The quantitative estimate of drug-likeness (QED) is 0.863. The molecule has 0 bridgehead atoms. The highest BCUT2D eigenvalue weighted by Crippen LogP contribution is 2.33. The highest BCUT2D eigenvalue weighted by atomic mass is 19.1. The average molecular weight is 269 g/mol. The minimum Gasteiger partial charge on any atom is -0.303 e. The van der Waals surface area contributed by atoms with Gasteiger partial charge in [0, 0.05) is 6.04 Å². The Balaban J connectivity index is 2.11. The molecular formula is C18H20FN. The number of hydrogen-bond acceptors (Lipinski definition) is 1. The fourth-order valence-electron chi connectivity index (χ4n) is 3.10. The molecule has 2 aromatic carbocycles. The number of aryl methyl sites for hydroxylation is 1. The molecule has 0 saturated carbocycles. The summed E-state index contributed by atoms with van der Waals surface area (Å²) in [6, 6.07) is 14.1. The third kappa shape index (κ3) is 2.36. The van der Waals surface area contributed by atoms with E-state index in [9.17, 15) is 4.39 Å². The maximum Gasteiger partial charge on any atom is 0.123 e. The first-order valence-corrected chi connectivity index (χ1v) is 7.29. The first-order chi connectivity index (χ1) is 9.69. The zero-order valence-electron chi connectivity index (χ0n) is 12.0. The number of benzene rings is 2. The normalized spacial score (nSPS) is 21.6. The molecule has 0 radical (unpaired) electrons. The molecule has 20 heavy (non-hydrogen) atoms. The van der Waals surface area contributed by atoms with Crippen LogP contribution >= 0.6 is 0 Å². The number of hydrogen-bond donors (Lipinski definition) is 1. The van der Waals surface area contributed by atoms with Crippen LogP contribution in [0.5, 0.6) is 0 Å². The summed E-state index contributed by atoms with van der Waals surface area (Å²) in [5, 5.41) is 3.68. The van der Waals surface area contributed by atoms with E-state index in [2.05, 4.69) is 37.4 Å². The molecule has 1 N–H and O–H groups in total. The summed E-state index contributed by atoms with van der Waals surface area (Å²) < 4.78 is 13.6. The summed E-state index contributed by atoms with van der Waals surface area (Å²) in [7, 11) is 0. The lowest BCUT2D eigenvalue weighted by Gasteiger charge is -2.34. The standard InChI is InChI=1S/C18H20FN/c1-3-15-10-13-8-9-14(19)11-17(13)18(20-15)16-7-5-4-6-12(16)2/h4-9,11,15,18,20H,3,10H2,1-2H3. The van der Waals surface area contributed by atoms with Crippen LogP contribution in [0.3, 0.4) is 0 Å². The molecule has 0 amide bonds. The van der Waals surface area contributed by atoms with E-state index in [4.69, 9.17) is 0 Å². The molecule has 0 spiro atoms. The van der Waals surface area contributed by atoms with Gasteiger partial charge in [0.2, 0.25) is 0 Å². The van der Waals surface area contributed by atoms with Gasteiger partial charge in [-0.3, -0.25) is 0 Å². The van der Waals surface area contributed by atoms with Gasteiger partial charge < -0.3 is 5.32 Å². The van der Waals surface area contributed by atoms with Gasteiger partial charge in [-0.25, -0.2) is 4.39 Å². The van der Waals surface area contributed by atoms with Crippen LogP contribution in [-0.2, 0) is 6.42 Å². The van der Waals surface area contributed by atoms with Crippen molar-refractivity contribution in [3.8, 4) is 0 Å². The minimum atomic E-state index is -0.154. The van der Waals surface area contributed by atoms with E-state index < -0.39 is 0 Å². The summed E-state index contributed by atoms with van der Waals surface area (Å²) in [5.74, 6) is -0.154. The number of nitrogens with one attached hydrogen (secondary N) is 1. The zero-order valence-corrected chi connectivity index (χ0v) is 12.0. The van der Waals surface area contributed by atoms with E-state index >= 15 is 0 Å². The summed E-state index contributed by atoms with van der Waals surface area (Å²) >= 11 is 0. The summed E-state index contributed by atoms with van der Waals surface area (Å²) in [6.45, 7) is 4.31. The van der Waals surface area contributed by atoms with Crippen LogP contribution in [0.1, 0.15) is 41.6 Å². The lowest BCUT2D eigenvalue weighted by atomic mass is 9.84. The third-order valence-corrected chi connectivity index (χ3v) is 4.28. The van der Waals surface area contributed by atoms with Gasteiger partial charge in [-0.2, -0.15) is 0 Å². The molecule has 3 rings (SSSR count). The van der Waals surface area contributed by atoms with Crippen molar-refractivity contribution < 1.29 is 4.39 Å². The molecule has 0 aliphatic carbocycles. The van der Waals surface area contributed by atoms with Crippen molar-refractivity contribution in [2.75, 3.05) is 0 Å². The molecule has 0 aromatic heterocycles. The lowest BCUT2D eigenvalue weighted by molar-refractivity contribution is 0.424. The van der Waals surface area contributed by atoms with Crippen molar-refractivity contribution in [1.82, 2.24) is 5.32 Å². The molecule has 0 fully saturated rings. The SMILES string of the molecule is CCC1Cc2ccc(F)cc2C(c2ccccc2C)N1. The van der Waals surface area contributed by atoms with Gasteiger partial charge in [0.25, 0.3) is 0 Å². The van der Waals surface area contributed by atoms with Gasteiger partial charge in [0.05, 0.1) is 6.04 Å². The molecular weight excluding hydrogens is 249 g/mol. The van der Waals surface area contributed by atoms with Crippen LogP contribution in [0, 0.1) is 12.7 Å². The maximum absolute atomic E-state index is 13.6. The fraction of sp³-hybridized carbons (Fsp3) is 0.333. The Kier molecular flexibility index (Phi) is 3.58. The molecule has 2 heteroatoms. The number of halogens is 1. The predicted octanol–water partition coefficient (Wildman–Crippen LogP) is 4.15. The smallest absolute Gasteiger partial charge is 0.123 e. The van der Waals surface area contributed by atoms with Crippen molar-refractivity contribution >= 4 is 0 Å². The van der Waals surface area contributed by atoms with E-state index in [1.807, 2.05) is 12.1 Å². The highest BCUT2D eigenvalue weighted by molar-refractivity contribution is 5.43. The maximum atomic E-state index is 13.6. The minimum absolute atomic E-state index is 0.0978. The second-order valence-corrected chi connectivity index (χ2v) is 5.61. The van der Waals surface area contributed by atoms with Gasteiger partial charge in [-0.05, 0) is 54.2 Å². The van der Waals surface area contributed by atoms with Gasteiger partial charge in [-0.15, -0.1) is 0 Å². The van der Waals surface area contributed by atoms with Crippen LogP contribution in [0.15, 0.2) is 42.5 Å². The van der Waals surface area contributed by atoms with E-state index in [1.165, 1.54) is 16.7 Å². The molecule has 1 aliphatic heterocycles. The average Bonchev–Trinajstić information content (AvgIpc) is 2.47. The van der Waals surface area contributed by atoms with Gasteiger partial charge in [-0.1, -0.05) is 37.3 Å².